The molecule has 2 N–H and O–H groups in total. The van der Waals surface area contributed by atoms with Gasteiger partial charge in [-0.15, -0.1) is 11.3 Å². The largest absolute Gasteiger partial charge is 0.495 e. The molecule has 0 aliphatic carbocycles. The maximum atomic E-state index is 13.0. The van der Waals surface area contributed by atoms with Crippen LogP contribution >= 0.6 is 11.3 Å². The molecule has 2 aromatic rings. The number of piperidine rings is 1. The zero-order valence-corrected chi connectivity index (χ0v) is 18.5. The van der Waals surface area contributed by atoms with Crippen molar-refractivity contribution in [2.24, 2.45) is 5.92 Å². The van der Waals surface area contributed by atoms with E-state index in [9.17, 15) is 9.59 Å². The Kier molecular flexibility index (Phi) is 7.03. The lowest BCUT2D eigenvalue weighted by molar-refractivity contribution is -0.126. The summed E-state index contributed by atoms with van der Waals surface area (Å²) < 4.78 is 10.9. The molecule has 2 aliphatic heterocycles. The molecule has 2 saturated heterocycles. The van der Waals surface area contributed by atoms with Crippen LogP contribution in [0.3, 0.4) is 0 Å². The molecular formula is C22H28N4O4S. The Morgan fingerprint density at radius 3 is 2.97 bits per heavy atom. The molecule has 0 saturated carbocycles. The summed E-state index contributed by atoms with van der Waals surface area (Å²) >= 11 is 1.37. The SMILES string of the molecule is COc1ccccc1Nc1nc(C(=O)N2CCC[C@H](C(=O)NC[C@@H]3CCCO3)C2)cs1. The fraction of sp³-hybridized carbons (Fsp3) is 0.500. The zero-order valence-electron chi connectivity index (χ0n) is 17.6. The van der Waals surface area contributed by atoms with Gasteiger partial charge in [0.15, 0.2) is 5.13 Å². The number of methoxy groups -OCH3 is 1. The molecular weight excluding hydrogens is 416 g/mol. The van der Waals surface area contributed by atoms with Crippen molar-refractivity contribution in [3.8, 4) is 5.75 Å². The number of para-hydroxylation sites is 2. The molecule has 9 heteroatoms. The number of nitrogens with one attached hydrogen (secondary N) is 2. The highest BCUT2D eigenvalue weighted by Crippen LogP contribution is 2.29. The molecule has 2 fully saturated rings. The Morgan fingerprint density at radius 1 is 1.29 bits per heavy atom. The normalized spacial score (nSPS) is 21.0. The lowest BCUT2D eigenvalue weighted by Gasteiger charge is -2.31. The summed E-state index contributed by atoms with van der Waals surface area (Å²) in [5.74, 6) is 0.383. The summed E-state index contributed by atoms with van der Waals surface area (Å²) in [5.41, 5.74) is 1.18. The van der Waals surface area contributed by atoms with Gasteiger partial charge < -0.3 is 25.0 Å². The minimum absolute atomic E-state index is 0.00445. The van der Waals surface area contributed by atoms with Crippen LogP contribution in [-0.4, -0.2) is 61.2 Å². The van der Waals surface area contributed by atoms with E-state index in [0.29, 0.717) is 36.2 Å². The Balaban J connectivity index is 1.34. The third kappa shape index (κ3) is 5.34. The molecule has 4 rings (SSSR count). The van der Waals surface area contributed by atoms with Crippen molar-refractivity contribution in [3.05, 3.63) is 35.3 Å². The summed E-state index contributed by atoms with van der Waals surface area (Å²) in [6.45, 7) is 2.38. The molecule has 31 heavy (non-hydrogen) atoms. The summed E-state index contributed by atoms with van der Waals surface area (Å²) in [6, 6.07) is 7.55. The number of hydrogen-bond acceptors (Lipinski definition) is 7. The van der Waals surface area contributed by atoms with Gasteiger partial charge in [-0.25, -0.2) is 4.98 Å². The van der Waals surface area contributed by atoms with E-state index in [0.717, 1.165) is 38.0 Å². The lowest BCUT2D eigenvalue weighted by Crippen LogP contribution is -2.46. The maximum absolute atomic E-state index is 13.0. The number of rotatable bonds is 7. The van der Waals surface area contributed by atoms with Gasteiger partial charge in [-0.2, -0.15) is 0 Å². The van der Waals surface area contributed by atoms with Crippen molar-refractivity contribution >= 4 is 34.0 Å². The molecule has 0 radical (unpaired) electrons. The Morgan fingerprint density at radius 2 is 2.16 bits per heavy atom. The lowest BCUT2D eigenvalue weighted by atomic mass is 9.97. The van der Waals surface area contributed by atoms with E-state index in [1.54, 1.807) is 17.4 Å². The average molecular weight is 445 g/mol. The number of ether oxygens (including phenoxy) is 2. The minimum atomic E-state index is -0.191. The molecule has 2 atom stereocenters. The van der Waals surface area contributed by atoms with E-state index in [2.05, 4.69) is 15.6 Å². The van der Waals surface area contributed by atoms with Gasteiger partial charge in [-0.1, -0.05) is 12.1 Å². The first kappa shape index (κ1) is 21.6. The van der Waals surface area contributed by atoms with E-state index < -0.39 is 0 Å². The van der Waals surface area contributed by atoms with Crippen LogP contribution in [0.1, 0.15) is 36.2 Å². The Labute approximate surface area is 185 Å². The van der Waals surface area contributed by atoms with Crippen LogP contribution in [0, 0.1) is 5.92 Å². The van der Waals surface area contributed by atoms with Crippen LogP contribution in [-0.2, 0) is 9.53 Å². The van der Waals surface area contributed by atoms with Crippen molar-refractivity contribution in [3.63, 3.8) is 0 Å². The van der Waals surface area contributed by atoms with Crippen LogP contribution in [0.25, 0.3) is 0 Å². The average Bonchev–Trinajstić information content (AvgIpc) is 3.50. The third-order valence-corrected chi connectivity index (χ3v) is 6.44. The molecule has 3 heterocycles. The summed E-state index contributed by atoms with van der Waals surface area (Å²) in [7, 11) is 1.61. The quantitative estimate of drug-likeness (QED) is 0.682. The van der Waals surface area contributed by atoms with E-state index in [1.165, 1.54) is 11.3 Å². The first-order chi connectivity index (χ1) is 15.1. The molecule has 1 aromatic heterocycles. The zero-order chi connectivity index (χ0) is 21.6. The number of nitrogens with zero attached hydrogens (tertiary/aromatic N) is 2. The number of anilines is 2. The number of benzene rings is 1. The molecule has 8 nitrogen and oxygen atoms in total. The second-order valence-electron chi connectivity index (χ2n) is 7.83. The molecule has 1 aromatic carbocycles. The smallest absolute Gasteiger partial charge is 0.273 e. The number of amides is 2. The fourth-order valence-corrected chi connectivity index (χ4v) is 4.69. The van der Waals surface area contributed by atoms with E-state index in [1.807, 2.05) is 24.3 Å². The second-order valence-corrected chi connectivity index (χ2v) is 8.69. The molecule has 2 amide bonds. The van der Waals surface area contributed by atoms with Crippen LogP contribution in [0.4, 0.5) is 10.8 Å². The van der Waals surface area contributed by atoms with Crippen molar-refractivity contribution in [1.29, 1.82) is 0 Å². The first-order valence-electron chi connectivity index (χ1n) is 10.7. The van der Waals surface area contributed by atoms with Crippen molar-refractivity contribution in [1.82, 2.24) is 15.2 Å². The van der Waals surface area contributed by atoms with Crippen molar-refractivity contribution in [2.75, 3.05) is 38.7 Å². The summed E-state index contributed by atoms with van der Waals surface area (Å²) in [4.78, 5) is 31.8. The minimum Gasteiger partial charge on any atom is -0.495 e. The van der Waals surface area contributed by atoms with Gasteiger partial charge >= 0.3 is 0 Å². The fourth-order valence-electron chi connectivity index (χ4n) is 3.99. The number of likely N-dealkylation sites (tertiary alicyclic amines) is 1. The molecule has 166 valence electrons. The van der Waals surface area contributed by atoms with Crippen LogP contribution in [0.2, 0.25) is 0 Å². The predicted octanol–water partition coefficient (Wildman–Crippen LogP) is 3.04. The van der Waals surface area contributed by atoms with Crippen LogP contribution < -0.4 is 15.4 Å². The number of thiazole rings is 1. The van der Waals surface area contributed by atoms with Gasteiger partial charge in [-0.05, 0) is 37.8 Å². The summed E-state index contributed by atoms with van der Waals surface area (Å²) in [5, 5.41) is 8.58. The van der Waals surface area contributed by atoms with Gasteiger partial charge in [0.25, 0.3) is 5.91 Å². The monoisotopic (exact) mass is 444 g/mol. The van der Waals surface area contributed by atoms with Crippen LogP contribution in [0.15, 0.2) is 29.6 Å². The third-order valence-electron chi connectivity index (χ3n) is 5.68. The number of aromatic nitrogens is 1. The van der Waals surface area contributed by atoms with Crippen LogP contribution in [0.5, 0.6) is 5.75 Å². The van der Waals surface area contributed by atoms with Gasteiger partial charge in [0, 0.05) is 31.6 Å². The molecule has 2 aliphatic rings. The van der Waals surface area contributed by atoms with Gasteiger partial charge in [-0.3, -0.25) is 9.59 Å². The van der Waals surface area contributed by atoms with Gasteiger partial charge in [0.05, 0.1) is 24.8 Å². The Hall–Kier alpha value is -2.65. The van der Waals surface area contributed by atoms with E-state index in [4.69, 9.17) is 9.47 Å². The van der Waals surface area contributed by atoms with E-state index in [-0.39, 0.29) is 23.8 Å². The standard InChI is InChI=1S/C22H28N4O4S/c1-29-19-9-3-2-8-17(19)24-22-25-18(14-31-22)21(28)26-10-4-6-15(13-26)20(27)23-12-16-7-5-11-30-16/h2-3,8-9,14-16H,4-7,10-13H2,1H3,(H,23,27)(H,24,25)/t15-,16-/m0/s1. The van der Waals surface area contributed by atoms with E-state index >= 15 is 0 Å². The number of hydrogen-bond donors (Lipinski definition) is 2. The predicted molar refractivity (Wildman–Crippen MR) is 119 cm³/mol. The number of carbonyl (C=O) groups excluding carboxylic acids is 2. The molecule has 0 unspecified atom stereocenters. The molecule has 0 spiro atoms. The highest BCUT2D eigenvalue weighted by molar-refractivity contribution is 7.14. The topological polar surface area (TPSA) is 92.8 Å². The second kappa shape index (κ2) is 10.1. The molecule has 0 bridgehead atoms. The van der Waals surface area contributed by atoms with Gasteiger partial charge in [0.1, 0.15) is 11.4 Å². The Bertz CT molecular complexity index is 912. The highest BCUT2D eigenvalue weighted by Gasteiger charge is 2.30. The first-order valence-corrected chi connectivity index (χ1v) is 11.6. The van der Waals surface area contributed by atoms with Crippen molar-refractivity contribution in [2.45, 2.75) is 31.8 Å². The maximum Gasteiger partial charge on any atom is 0.273 e. The van der Waals surface area contributed by atoms with Gasteiger partial charge in [0.2, 0.25) is 5.91 Å². The van der Waals surface area contributed by atoms with Crippen molar-refractivity contribution < 1.29 is 19.1 Å². The summed E-state index contributed by atoms with van der Waals surface area (Å²) in [6.07, 6.45) is 3.76. The highest BCUT2D eigenvalue weighted by atomic mass is 32.1. The number of carbonyl (C=O) groups is 2.